The van der Waals surface area contributed by atoms with Gasteiger partial charge >= 0.3 is 0 Å². The van der Waals surface area contributed by atoms with Crippen LogP contribution in [0.3, 0.4) is 0 Å². The highest BCUT2D eigenvalue weighted by Crippen LogP contribution is 2.27. The van der Waals surface area contributed by atoms with Gasteiger partial charge in [-0.1, -0.05) is 62.0 Å². The van der Waals surface area contributed by atoms with Gasteiger partial charge in [0, 0.05) is 5.75 Å². The quantitative estimate of drug-likeness (QED) is 0.570. The first kappa shape index (κ1) is 14.2. The number of oxazole rings is 1. The van der Waals surface area contributed by atoms with Crippen molar-refractivity contribution in [2.45, 2.75) is 37.2 Å². The fraction of sp³-hybridized carbons (Fsp3) is 0.278. The molecule has 0 saturated carbocycles. The second-order valence-electron chi connectivity index (χ2n) is 5.29. The lowest BCUT2D eigenvalue weighted by atomic mass is 9.98. The van der Waals surface area contributed by atoms with Crippen LogP contribution in [-0.2, 0) is 5.75 Å². The van der Waals surface area contributed by atoms with Crippen LogP contribution in [0.4, 0.5) is 0 Å². The molecule has 0 aliphatic carbocycles. The van der Waals surface area contributed by atoms with E-state index in [0.29, 0.717) is 5.92 Å². The molecular formula is C18H19NOS. The highest BCUT2D eigenvalue weighted by atomic mass is 32.2. The Morgan fingerprint density at radius 2 is 1.86 bits per heavy atom. The third kappa shape index (κ3) is 3.30. The molecule has 1 atom stereocenters. The first-order valence-corrected chi connectivity index (χ1v) is 8.32. The lowest BCUT2D eigenvalue weighted by molar-refractivity contribution is 0.489. The molecule has 1 aromatic heterocycles. The van der Waals surface area contributed by atoms with Gasteiger partial charge in [-0.15, -0.1) is 0 Å². The van der Waals surface area contributed by atoms with Gasteiger partial charge in [0.25, 0.3) is 5.22 Å². The predicted octanol–water partition coefficient (Wildman–Crippen LogP) is 5.63. The smallest absolute Gasteiger partial charge is 0.257 e. The van der Waals surface area contributed by atoms with Gasteiger partial charge in [0.15, 0.2) is 5.58 Å². The van der Waals surface area contributed by atoms with E-state index in [1.807, 2.05) is 24.3 Å². The summed E-state index contributed by atoms with van der Waals surface area (Å²) in [6, 6.07) is 16.8. The molecule has 108 valence electrons. The van der Waals surface area contributed by atoms with Crippen LogP contribution in [0.2, 0.25) is 0 Å². The van der Waals surface area contributed by atoms with Gasteiger partial charge in [-0.05, 0) is 35.6 Å². The zero-order valence-corrected chi connectivity index (χ0v) is 13.2. The van der Waals surface area contributed by atoms with Crippen molar-refractivity contribution in [1.82, 2.24) is 4.98 Å². The number of rotatable bonds is 5. The van der Waals surface area contributed by atoms with Gasteiger partial charge in [-0.3, -0.25) is 0 Å². The summed E-state index contributed by atoms with van der Waals surface area (Å²) in [7, 11) is 0. The first-order chi connectivity index (χ1) is 10.3. The van der Waals surface area contributed by atoms with E-state index in [9.17, 15) is 0 Å². The van der Waals surface area contributed by atoms with Crippen LogP contribution >= 0.6 is 11.8 Å². The molecule has 3 aromatic rings. The molecule has 21 heavy (non-hydrogen) atoms. The van der Waals surface area contributed by atoms with E-state index in [1.54, 1.807) is 11.8 Å². The second-order valence-corrected chi connectivity index (χ2v) is 6.21. The van der Waals surface area contributed by atoms with Gasteiger partial charge in [0.2, 0.25) is 0 Å². The minimum absolute atomic E-state index is 0.628. The molecule has 0 aliphatic heterocycles. The Morgan fingerprint density at radius 1 is 1.10 bits per heavy atom. The highest BCUT2D eigenvalue weighted by Gasteiger charge is 2.07. The summed E-state index contributed by atoms with van der Waals surface area (Å²) in [4.78, 5) is 4.48. The van der Waals surface area contributed by atoms with Crippen LogP contribution in [0.5, 0.6) is 0 Å². The van der Waals surface area contributed by atoms with Crippen molar-refractivity contribution in [3.8, 4) is 0 Å². The van der Waals surface area contributed by atoms with Gasteiger partial charge in [0.1, 0.15) is 5.52 Å². The molecule has 3 heteroatoms. The van der Waals surface area contributed by atoms with Gasteiger partial charge < -0.3 is 4.42 Å². The van der Waals surface area contributed by atoms with E-state index < -0.39 is 0 Å². The number of benzene rings is 2. The molecule has 0 spiro atoms. The van der Waals surface area contributed by atoms with E-state index in [0.717, 1.165) is 22.1 Å². The average Bonchev–Trinajstić information content (AvgIpc) is 2.95. The molecule has 0 aliphatic rings. The van der Waals surface area contributed by atoms with Gasteiger partial charge in [-0.25, -0.2) is 4.98 Å². The zero-order chi connectivity index (χ0) is 14.7. The topological polar surface area (TPSA) is 26.0 Å². The van der Waals surface area contributed by atoms with Gasteiger partial charge in [-0.2, -0.15) is 0 Å². The highest BCUT2D eigenvalue weighted by molar-refractivity contribution is 7.98. The second kappa shape index (κ2) is 6.35. The van der Waals surface area contributed by atoms with Crippen molar-refractivity contribution in [2.24, 2.45) is 0 Å². The molecule has 0 radical (unpaired) electrons. The molecule has 0 N–H and O–H groups in total. The van der Waals surface area contributed by atoms with Crippen LogP contribution in [0.15, 0.2) is 58.2 Å². The predicted molar refractivity (Wildman–Crippen MR) is 88.7 cm³/mol. The molecule has 0 saturated heterocycles. The summed E-state index contributed by atoms with van der Waals surface area (Å²) in [5, 5.41) is 0.738. The number of hydrogen-bond donors (Lipinski definition) is 0. The lowest BCUT2D eigenvalue weighted by Crippen LogP contribution is -1.91. The third-order valence-corrected chi connectivity index (χ3v) is 4.70. The fourth-order valence-electron chi connectivity index (χ4n) is 2.24. The molecule has 2 aromatic carbocycles. The van der Waals surface area contributed by atoms with Crippen LogP contribution in [0, 0.1) is 0 Å². The Kier molecular flexibility index (Phi) is 4.30. The lowest BCUT2D eigenvalue weighted by Gasteiger charge is -2.09. The molecule has 0 amide bonds. The summed E-state index contributed by atoms with van der Waals surface area (Å²) in [6.07, 6.45) is 1.18. The van der Waals surface area contributed by atoms with E-state index >= 15 is 0 Å². The van der Waals surface area contributed by atoms with Crippen molar-refractivity contribution in [2.75, 3.05) is 0 Å². The number of hydrogen-bond acceptors (Lipinski definition) is 3. The normalized spacial score (nSPS) is 12.7. The Bertz CT molecular complexity index is 684. The van der Waals surface area contributed by atoms with Crippen molar-refractivity contribution in [3.63, 3.8) is 0 Å². The molecule has 0 fully saturated rings. The van der Waals surface area contributed by atoms with Crippen molar-refractivity contribution in [1.29, 1.82) is 0 Å². The largest absolute Gasteiger partial charge is 0.431 e. The molecular weight excluding hydrogens is 278 g/mol. The van der Waals surface area contributed by atoms with Gasteiger partial charge in [0.05, 0.1) is 0 Å². The van der Waals surface area contributed by atoms with Crippen LogP contribution in [0.25, 0.3) is 11.1 Å². The van der Waals surface area contributed by atoms with Crippen LogP contribution in [0.1, 0.15) is 37.3 Å². The summed E-state index contributed by atoms with van der Waals surface area (Å²) >= 11 is 1.64. The Labute approximate surface area is 129 Å². The first-order valence-electron chi connectivity index (χ1n) is 7.33. The SMILES string of the molecule is CCC(C)c1ccc(CSc2nc3ccccc3o2)cc1. The standard InChI is InChI=1S/C18H19NOS/c1-3-13(2)15-10-8-14(9-11-15)12-21-18-19-16-6-4-5-7-17(16)20-18/h4-11,13H,3,12H2,1-2H3. The molecule has 2 nitrogen and oxygen atoms in total. The van der Waals surface area contributed by atoms with E-state index in [1.165, 1.54) is 17.5 Å². The molecule has 1 unspecified atom stereocenters. The zero-order valence-electron chi connectivity index (χ0n) is 12.4. The minimum Gasteiger partial charge on any atom is -0.431 e. The minimum atomic E-state index is 0.628. The molecule has 3 rings (SSSR count). The Morgan fingerprint density at radius 3 is 2.57 bits per heavy atom. The molecule has 1 heterocycles. The average molecular weight is 297 g/mol. The van der Waals surface area contributed by atoms with E-state index in [4.69, 9.17) is 4.42 Å². The number of aromatic nitrogens is 1. The summed E-state index contributed by atoms with van der Waals surface area (Å²) in [5.74, 6) is 1.51. The maximum absolute atomic E-state index is 5.72. The number of para-hydroxylation sites is 2. The van der Waals surface area contributed by atoms with Crippen molar-refractivity contribution < 1.29 is 4.42 Å². The van der Waals surface area contributed by atoms with Crippen LogP contribution in [-0.4, -0.2) is 4.98 Å². The molecule has 0 bridgehead atoms. The van der Waals surface area contributed by atoms with Crippen LogP contribution < -0.4 is 0 Å². The number of thioether (sulfide) groups is 1. The summed E-state index contributed by atoms with van der Waals surface area (Å²) in [6.45, 7) is 4.49. The Hall–Kier alpha value is -1.74. The maximum Gasteiger partial charge on any atom is 0.257 e. The van der Waals surface area contributed by atoms with E-state index in [-0.39, 0.29) is 0 Å². The monoisotopic (exact) mass is 297 g/mol. The number of nitrogens with zero attached hydrogens (tertiary/aromatic N) is 1. The van der Waals surface area contributed by atoms with E-state index in [2.05, 4.69) is 43.1 Å². The third-order valence-electron chi connectivity index (χ3n) is 3.80. The summed E-state index contributed by atoms with van der Waals surface area (Å²) < 4.78 is 5.72. The summed E-state index contributed by atoms with van der Waals surface area (Å²) in [5.41, 5.74) is 4.49. The van der Waals surface area contributed by atoms with Crippen molar-refractivity contribution in [3.05, 3.63) is 59.7 Å². The fourth-order valence-corrected chi connectivity index (χ4v) is 3.03. The maximum atomic E-state index is 5.72. The Balaban J connectivity index is 1.67. The number of fused-ring (bicyclic) bond motifs is 1. The van der Waals surface area contributed by atoms with Crippen molar-refractivity contribution >= 4 is 22.9 Å².